The fourth-order valence-corrected chi connectivity index (χ4v) is 2.62. The van der Waals surface area contributed by atoms with Crippen LogP contribution in [0.2, 0.25) is 5.02 Å². The summed E-state index contributed by atoms with van der Waals surface area (Å²) in [6, 6.07) is 11.3. The van der Waals surface area contributed by atoms with Gasteiger partial charge in [0.25, 0.3) is 5.91 Å². The number of likely N-dealkylation sites (N-methyl/N-ethyl adjacent to an activating group) is 1. The van der Waals surface area contributed by atoms with Gasteiger partial charge in [-0.1, -0.05) is 36.7 Å². The third kappa shape index (κ3) is 5.68. The van der Waals surface area contributed by atoms with Crippen molar-refractivity contribution in [2.24, 2.45) is 0 Å². The van der Waals surface area contributed by atoms with Crippen molar-refractivity contribution in [2.45, 2.75) is 13.3 Å². The number of nitro benzene ring substituents is 1. The minimum absolute atomic E-state index is 0.0718. The van der Waals surface area contributed by atoms with Gasteiger partial charge in [-0.05, 0) is 30.2 Å². The molecule has 0 saturated heterocycles. The molecule has 0 bridgehead atoms. The van der Waals surface area contributed by atoms with Crippen LogP contribution in [0.5, 0.6) is 5.75 Å². The fraction of sp³-hybridized carbons (Fsp3) is 0.263. The van der Waals surface area contributed by atoms with E-state index in [1.165, 1.54) is 24.1 Å². The Hall–Kier alpha value is -3.13. The fourth-order valence-electron chi connectivity index (χ4n) is 2.45. The van der Waals surface area contributed by atoms with Gasteiger partial charge in [-0.15, -0.1) is 0 Å². The first-order valence-electron chi connectivity index (χ1n) is 8.50. The highest BCUT2D eigenvalue weighted by Gasteiger charge is 2.19. The number of aryl methyl sites for hydroxylation is 1. The standard InChI is InChI=1S/C19H20ClN3O5/c1-3-13-6-4-5-7-15(13)21-18(24)11-22(2)19(25)12-28-17-9-8-14(20)10-16(17)23(26)27/h4-10H,3,11-12H2,1-2H3,(H,21,24). The number of nitrogens with zero attached hydrogens (tertiary/aromatic N) is 2. The number of halogens is 1. The Morgan fingerprint density at radius 2 is 1.96 bits per heavy atom. The van der Waals surface area contributed by atoms with Gasteiger partial charge in [0.05, 0.1) is 11.5 Å². The number of rotatable bonds is 8. The SMILES string of the molecule is CCc1ccccc1NC(=O)CN(C)C(=O)COc1ccc(Cl)cc1[N+](=O)[O-]. The maximum Gasteiger partial charge on any atom is 0.312 e. The zero-order valence-electron chi connectivity index (χ0n) is 15.5. The molecule has 2 amide bonds. The Bertz CT molecular complexity index is 888. The van der Waals surface area contributed by atoms with Crippen LogP contribution in [-0.2, 0) is 16.0 Å². The number of nitrogens with one attached hydrogen (secondary N) is 1. The molecule has 2 rings (SSSR count). The first kappa shape index (κ1) is 21.2. The van der Waals surface area contributed by atoms with Gasteiger partial charge in [0.2, 0.25) is 5.91 Å². The highest BCUT2D eigenvalue weighted by atomic mass is 35.5. The topological polar surface area (TPSA) is 102 Å². The highest BCUT2D eigenvalue weighted by Crippen LogP contribution is 2.29. The van der Waals surface area contributed by atoms with Gasteiger partial charge in [0.1, 0.15) is 0 Å². The summed E-state index contributed by atoms with van der Waals surface area (Å²) >= 11 is 5.74. The molecule has 0 atom stereocenters. The summed E-state index contributed by atoms with van der Waals surface area (Å²) in [5, 5.41) is 14.0. The van der Waals surface area contributed by atoms with Gasteiger partial charge in [0.15, 0.2) is 12.4 Å². The van der Waals surface area contributed by atoms with E-state index in [0.717, 1.165) is 18.1 Å². The molecule has 0 aliphatic rings. The van der Waals surface area contributed by atoms with Crippen LogP contribution in [0, 0.1) is 10.1 Å². The molecule has 0 saturated carbocycles. The van der Waals surface area contributed by atoms with Crippen molar-refractivity contribution >= 4 is 34.8 Å². The Kier molecular flexibility index (Phi) is 7.34. The zero-order chi connectivity index (χ0) is 20.7. The van der Waals surface area contributed by atoms with Crippen molar-refractivity contribution in [3.63, 3.8) is 0 Å². The van der Waals surface area contributed by atoms with Crippen LogP contribution in [0.25, 0.3) is 0 Å². The number of ether oxygens (including phenoxy) is 1. The zero-order valence-corrected chi connectivity index (χ0v) is 16.2. The number of para-hydroxylation sites is 1. The molecule has 1 N–H and O–H groups in total. The molecule has 0 aliphatic carbocycles. The highest BCUT2D eigenvalue weighted by molar-refractivity contribution is 6.30. The summed E-state index contributed by atoms with van der Waals surface area (Å²) in [4.78, 5) is 36.0. The van der Waals surface area contributed by atoms with Crippen molar-refractivity contribution in [2.75, 3.05) is 25.5 Å². The quantitative estimate of drug-likeness (QED) is 0.536. The molecule has 2 aromatic carbocycles. The minimum atomic E-state index is -0.645. The molecule has 0 spiro atoms. The van der Waals surface area contributed by atoms with Crippen LogP contribution in [-0.4, -0.2) is 41.8 Å². The first-order valence-corrected chi connectivity index (χ1v) is 8.88. The Morgan fingerprint density at radius 1 is 1.25 bits per heavy atom. The average Bonchev–Trinajstić information content (AvgIpc) is 2.66. The number of carbonyl (C=O) groups excluding carboxylic acids is 2. The Labute approximate surface area is 167 Å². The van der Waals surface area contributed by atoms with E-state index in [1.54, 1.807) is 6.07 Å². The maximum absolute atomic E-state index is 12.2. The Morgan fingerprint density at radius 3 is 2.64 bits per heavy atom. The number of hydrogen-bond donors (Lipinski definition) is 1. The van der Waals surface area contributed by atoms with Crippen LogP contribution in [0.15, 0.2) is 42.5 Å². The molecule has 0 unspecified atom stereocenters. The maximum atomic E-state index is 12.2. The van der Waals surface area contributed by atoms with E-state index >= 15 is 0 Å². The lowest BCUT2D eigenvalue weighted by Gasteiger charge is -2.18. The van der Waals surface area contributed by atoms with E-state index in [9.17, 15) is 19.7 Å². The smallest absolute Gasteiger partial charge is 0.312 e. The molecule has 0 aromatic heterocycles. The molecule has 0 heterocycles. The van der Waals surface area contributed by atoms with E-state index in [1.807, 2.05) is 25.1 Å². The molecule has 0 aliphatic heterocycles. The summed E-state index contributed by atoms with van der Waals surface area (Å²) in [6.07, 6.45) is 0.763. The summed E-state index contributed by atoms with van der Waals surface area (Å²) in [7, 11) is 1.45. The summed E-state index contributed by atoms with van der Waals surface area (Å²) in [6.45, 7) is 1.36. The second-order valence-corrected chi connectivity index (χ2v) is 6.40. The van der Waals surface area contributed by atoms with Crippen molar-refractivity contribution in [1.29, 1.82) is 0 Å². The van der Waals surface area contributed by atoms with E-state index in [2.05, 4.69) is 5.32 Å². The third-order valence-electron chi connectivity index (χ3n) is 3.95. The van der Waals surface area contributed by atoms with E-state index < -0.39 is 17.4 Å². The lowest BCUT2D eigenvalue weighted by Crippen LogP contribution is -2.37. The van der Waals surface area contributed by atoms with Crippen LogP contribution in [0.3, 0.4) is 0 Å². The summed E-state index contributed by atoms with van der Waals surface area (Å²) in [5.41, 5.74) is 1.35. The number of benzene rings is 2. The molecular formula is C19H20ClN3O5. The number of anilines is 1. The molecule has 2 aromatic rings. The first-order chi connectivity index (χ1) is 13.3. The molecule has 28 heavy (non-hydrogen) atoms. The van der Waals surface area contributed by atoms with Gasteiger partial charge in [-0.2, -0.15) is 0 Å². The van der Waals surface area contributed by atoms with E-state index in [4.69, 9.17) is 16.3 Å². The third-order valence-corrected chi connectivity index (χ3v) is 4.18. The molecular weight excluding hydrogens is 386 g/mol. The predicted octanol–water partition coefficient (Wildman–Crippen LogP) is 3.29. The van der Waals surface area contributed by atoms with Gasteiger partial charge >= 0.3 is 5.69 Å². The van der Waals surface area contributed by atoms with Crippen molar-refractivity contribution in [3.05, 3.63) is 63.2 Å². The number of hydrogen-bond acceptors (Lipinski definition) is 5. The van der Waals surface area contributed by atoms with Gasteiger partial charge < -0.3 is 15.0 Å². The molecule has 148 valence electrons. The van der Waals surface area contributed by atoms with E-state index in [-0.39, 0.29) is 28.9 Å². The monoisotopic (exact) mass is 405 g/mol. The van der Waals surface area contributed by atoms with Crippen LogP contribution >= 0.6 is 11.6 Å². The van der Waals surface area contributed by atoms with E-state index in [0.29, 0.717) is 5.69 Å². The number of carbonyl (C=O) groups is 2. The van der Waals surface area contributed by atoms with Crippen molar-refractivity contribution < 1.29 is 19.2 Å². The second kappa shape index (κ2) is 9.70. The predicted molar refractivity (Wildman–Crippen MR) is 106 cm³/mol. The van der Waals surface area contributed by atoms with Crippen LogP contribution in [0.1, 0.15) is 12.5 Å². The second-order valence-electron chi connectivity index (χ2n) is 5.97. The minimum Gasteiger partial charge on any atom is -0.477 e. The van der Waals surface area contributed by atoms with Crippen molar-refractivity contribution in [3.8, 4) is 5.75 Å². The van der Waals surface area contributed by atoms with Crippen LogP contribution < -0.4 is 10.1 Å². The largest absolute Gasteiger partial charge is 0.477 e. The normalized spacial score (nSPS) is 10.2. The molecule has 0 radical (unpaired) electrons. The number of nitro groups is 1. The lowest BCUT2D eigenvalue weighted by atomic mass is 10.1. The van der Waals surface area contributed by atoms with Gasteiger partial charge in [0, 0.05) is 23.8 Å². The van der Waals surface area contributed by atoms with Crippen molar-refractivity contribution in [1.82, 2.24) is 4.90 Å². The number of amides is 2. The lowest BCUT2D eigenvalue weighted by molar-refractivity contribution is -0.385. The van der Waals surface area contributed by atoms with Gasteiger partial charge in [-0.25, -0.2) is 0 Å². The van der Waals surface area contributed by atoms with Gasteiger partial charge in [-0.3, -0.25) is 19.7 Å². The molecule has 9 heteroatoms. The van der Waals surface area contributed by atoms with Crippen LogP contribution in [0.4, 0.5) is 11.4 Å². The summed E-state index contributed by atoms with van der Waals surface area (Å²) < 4.78 is 5.25. The molecule has 0 fully saturated rings. The average molecular weight is 406 g/mol. The Balaban J connectivity index is 1.93. The molecule has 8 nitrogen and oxygen atoms in total. The summed E-state index contributed by atoms with van der Waals surface area (Å²) in [5.74, 6) is -0.921.